The predicted octanol–water partition coefficient (Wildman–Crippen LogP) is 3.30. The van der Waals surface area contributed by atoms with Crippen LogP contribution in [0.25, 0.3) is 0 Å². The lowest BCUT2D eigenvalue weighted by Gasteiger charge is -2.14. The van der Waals surface area contributed by atoms with Crippen LogP contribution in [0, 0.1) is 0 Å². The van der Waals surface area contributed by atoms with Crippen LogP contribution in [0.4, 0.5) is 18.0 Å². The Morgan fingerprint density at radius 1 is 1.22 bits per heavy atom. The third-order valence-corrected chi connectivity index (χ3v) is 3.93. The molecule has 1 atom stereocenters. The fourth-order valence-electron chi connectivity index (χ4n) is 1.87. The summed E-state index contributed by atoms with van der Waals surface area (Å²) >= 11 is 1.49. The highest BCUT2D eigenvalue weighted by Gasteiger charge is 2.30. The van der Waals surface area contributed by atoms with E-state index in [9.17, 15) is 23.1 Å². The number of aliphatic hydroxyl groups is 1. The summed E-state index contributed by atoms with van der Waals surface area (Å²) in [5, 5.41) is 16.8. The van der Waals surface area contributed by atoms with Crippen molar-refractivity contribution in [2.75, 3.05) is 6.54 Å². The number of aliphatic hydroxyl groups excluding tert-OH is 1. The maximum absolute atomic E-state index is 12.6. The van der Waals surface area contributed by atoms with Gasteiger partial charge in [0.05, 0.1) is 18.2 Å². The molecule has 0 radical (unpaired) electrons. The summed E-state index contributed by atoms with van der Waals surface area (Å²) in [5.74, 6) is 0. The van der Waals surface area contributed by atoms with Gasteiger partial charge in [-0.25, -0.2) is 4.79 Å². The largest absolute Gasteiger partial charge is 0.416 e. The van der Waals surface area contributed by atoms with E-state index in [4.69, 9.17) is 0 Å². The first-order chi connectivity index (χ1) is 10.9. The lowest BCUT2D eigenvalue weighted by molar-refractivity contribution is -0.137. The maximum Gasteiger partial charge on any atom is 0.416 e. The smallest absolute Gasteiger partial charge is 0.387 e. The van der Waals surface area contributed by atoms with E-state index in [1.807, 2.05) is 17.5 Å². The van der Waals surface area contributed by atoms with Crippen molar-refractivity contribution in [3.8, 4) is 0 Å². The van der Waals surface area contributed by atoms with Crippen molar-refractivity contribution >= 4 is 17.4 Å². The molecule has 0 saturated carbocycles. The van der Waals surface area contributed by atoms with Crippen LogP contribution in [-0.4, -0.2) is 17.7 Å². The zero-order chi connectivity index (χ0) is 16.9. The molecule has 0 aliphatic heterocycles. The molecule has 0 fully saturated rings. The molecule has 1 heterocycles. The number of carbonyl (C=O) groups is 1. The fourth-order valence-corrected chi connectivity index (χ4v) is 2.52. The normalized spacial score (nSPS) is 12.7. The van der Waals surface area contributed by atoms with Gasteiger partial charge >= 0.3 is 12.2 Å². The van der Waals surface area contributed by atoms with E-state index in [2.05, 4.69) is 10.6 Å². The second kappa shape index (κ2) is 7.47. The van der Waals surface area contributed by atoms with Crippen LogP contribution in [0.3, 0.4) is 0 Å². The minimum atomic E-state index is -4.47. The molecule has 1 aromatic heterocycles. The third-order valence-electron chi connectivity index (χ3n) is 3.06. The van der Waals surface area contributed by atoms with Gasteiger partial charge in [-0.1, -0.05) is 18.2 Å². The van der Waals surface area contributed by atoms with Gasteiger partial charge < -0.3 is 15.7 Å². The highest BCUT2D eigenvalue weighted by molar-refractivity contribution is 7.09. The third kappa shape index (κ3) is 5.26. The number of carbonyl (C=O) groups excluding carboxylic acids is 1. The minimum absolute atomic E-state index is 0.0957. The first-order valence-corrected chi connectivity index (χ1v) is 7.63. The fraction of sp³-hybridized carbons (Fsp3) is 0.267. The maximum atomic E-state index is 12.6. The molecule has 2 rings (SSSR count). The number of urea groups is 1. The summed E-state index contributed by atoms with van der Waals surface area (Å²) < 4.78 is 37.9. The lowest BCUT2D eigenvalue weighted by atomic mass is 10.1. The SMILES string of the molecule is O=C(NCc1cccs1)NCC(O)c1cccc(C(F)(F)F)c1. The summed E-state index contributed by atoms with van der Waals surface area (Å²) in [4.78, 5) is 12.6. The number of amides is 2. The van der Waals surface area contributed by atoms with Crippen molar-refractivity contribution in [2.45, 2.75) is 18.8 Å². The number of alkyl halides is 3. The van der Waals surface area contributed by atoms with Crippen LogP contribution in [0.5, 0.6) is 0 Å². The van der Waals surface area contributed by atoms with Crippen LogP contribution < -0.4 is 10.6 Å². The Balaban J connectivity index is 1.84. The number of benzene rings is 1. The molecule has 0 aliphatic carbocycles. The second-order valence-corrected chi connectivity index (χ2v) is 5.81. The van der Waals surface area contributed by atoms with E-state index < -0.39 is 23.9 Å². The van der Waals surface area contributed by atoms with Gasteiger partial charge in [0.25, 0.3) is 0 Å². The first kappa shape index (κ1) is 17.3. The van der Waals surface area contributed by atoms with Gasteiger partial charge in [-0.3, -0.25) is 0 Å². The topological polar surface area (TPSA) is 61.4 Å². The molecule has 0 bridgehead atoms. The van der Waals surface area contributed by atoms with Crippen LogP contribution in [0.15, 0.2) is 41.8 Å². The van der Waals surface area contributed by atoms with E-state index in [1.165, 1.54) is 23.5 Å². The van der Waals surface area contributed by atoms with E-state index in [0.717, 1.165) is 17.0 Å². The van der Waals surface area contributed by atoms with Crippen molar-refractivity contribution in [3.63, 3.8) is 0 Å². The highest BCUT2D eigenvalue weighted by Crippen LogP contribution is 2.30. The predicted molar refractivity (Wildman–Crippen MR) is 81.0 cm³/mol. The molecular weight excluding hydrogens is 329 g/mol. The van der Waals surface area contributed by atoms with E-state index in [-0.39, 0.29) is 12.1 Å². The molecule has 0 saturated heterocycles. The Labute approximate surface area is 135 Å². The molecule has 2 aromatic rings. The first-order valence-electron chi connectivity index (χ1n) is 6.75. The number of hydrogen-bond donors (Lipinski definition) is 3. The summed E-state index contributed by atoms with van der Waals surface area (Å²) in [6.07, 6.45) is -5.69. The lowest BCUT2D eigenvalue weighted by Crippen LogP contribution is -2.37. The highest BCUT2D eigenvalue weighted by atomic mass is 32.1. The molecule has 124 valence electrons. The van der Waals surface area contributed by atoms with Crippen molar-refractivity contribution < 1.29 is 23.1 Å². The van der Waals surface area contributed by atoms with E-state index in [1.54, 1.807) is 0 Å². The van der Waals surface area contributed by atoms with Crippen molar-refractivity contribution in [3.05, 3.63) is 57.8 Å². The van der Waals surface area contributed by atoms with Crippen LogP contribution in [-0.2, 0) is 12.7 Å². The summed E-state index contributed by atoms with van der Waals surface area (Å²) in [6, 6.07) is 7.63. The molecule has 3 N–H and O–H groups in total. The Hall–Kier alpha value is -2.06. The van der Waals surface area contributed by atoms with E-state index in [0.29, 0.717) is 6.54 Å². The molecule has 1 aromatic carbocycles. The molecule has 23 heavy (non-hydrogen) atoms. The Bertz CT molecular complexity index is 644. The number of hydrogen-bond acceptors (Lipinski definition) is 3. The summed E-state index contributed by atoms with van der Waals surface area (Å²) in [7, 11) is 0. The minimum Gasteiger partial charge on any atom is -0.387 e. The second-order valence-electron chi connectivity index (χ2n) is 4.78. The zero-order valence-corrected chi connectivity index (χ0v) is 12.7. The van der Waals surface area contributed by atoms with E-state index >= 15 is 0 Å². The molecule has 0 spiro atoms. The Morgan fingerprint density at radius 3 is 2.65 bits per heavy atom. The van der Waals surface area contributed by atoms with Gasteiger partial charge in [0.15, 0.2) is 0 Å². The zero-order valence-electron chi connectivity index (χ0n) is 11.9. The number of rotatable bonds is 5. The van der Waals surface area contributed by atoms with Crippen LogP contribution in [0.2, 0.25) is 0 Å². The van der Waals surface area contributed by atoms with Gasteiger partial charge in [0.2, 0.25) is 0 Å². The molecular formula is C15H15F3N2O2S. The number of thiophene rings is 1. The van der Waals surface area contributed by atoms with Crippen molar-refractivity contribution in [1.82, 2.24) is 10.6 Å². The summed E-state index contributed by atoms with van der Waals surface area (Å²) in [6.45, 7) is 0.167. The van der Waals surface area contributed by atoms with Gasteiger partial charge in [-0.05, 0) is 29.1 Å². The van der Waals surface area contributed by atoms with Gasteiger partial charge in [0, 0.05) is 11.4 Å². The van der Waals surface area contributed by atoms with Crippen molar-refractivity contribution in [1.29, 1.82) is 0 Å². The number of nitrogens with one attached hydrogen (secondary N) is 2. The molecule has 2 amide bonds. The quantitative estimate of drug-likeness (QED) is 0.779. The average molecular weight is 344 g/mol. The molecule has 4 nitrogen and oxygen atoms in total. The van der Waals surface area contributed by atoms with Gasteiger partial charge in [0.1, 0.15) is 0 Å². The van der Waals surface area contributed by atoms with Crippen molar-refractivity contribution in [2.24, 2.45) is 0 Å². The Kier molecular flexibility index (Phi) is 5.62. The standard InChI is InChI=1S/C15H15F3N2O2S/c16-15(17,18)11-4-1-3-10(7-11)13(21)9-20-14(22)19-8-12-5-2-6-23-12/h1-7,13,21H,8-9H2,(H2,19,20,22). The summed E-state index contributed by atoms with van der Waals surface area (Å²) in [5.41, 5.74) is -0.741. The monoisotopic (exact) mass is 344 g/mol. The van der Waals surface area contributed by atoms with Gasteiger partial charge in [-0.15, -0.1) is 11.3 Å². The van der Waals surface area contributed by atoms with Crippen LogP contribution in [0.1, 0.15) is 22.1 Å². The average Bonchev–Trinajstić information content (AvgIpc) is 3.03. The molecule has 8 heteroatoms. The van der Waals surface area contributed by atoms with Gasteiger partial charge in [-0.2, -0.15) is 13.2 Å². The molecule has 0 aliphatic rings. The molecule has 1 unspecified atom stereocenters. The number of halogens is 3. The Morgan fingerprint density at radius 2 is 2.00 bits per heavy atom. The van der Waals surface area contributed by atoms with Crippen LogP contribution >= 0.6 is 11.3 Å².